The zero-order chi connectivity index (χ0) is 23.1. The number of nitrogens with one attached hydrogen (secondary N) is 1. The van der Waals surface area contributed by atoms with Gasteiger partial charge in [0, 0.05) is 26.9 Å². The third kappa shape index (κ3) is 13.0. The molecule has 0 radical (unpaired) electrons. The summed E-state index contributed by atoms with van der Waals surface area (Å²) in [4.78, 5) is 20.5. The van der Waals surface area contributed by atoms with E-state index in [0.717, 1.165) is 39.3 Å². The number of likely N-dealkylation sites (tertiary alicyclic amines) is 1. The van der Waals surface area contributed by atoms with Gasteiger partial charge in [-0.3, -0.25) is 14.5 Å². The van der Waals surface area contributed by atoms with Gasteiger partial charge in [-0.2, -0.15) is 0 Å². The van der Waals surface area contributed by atoms with E-state index in [9.17, 15) is 0 Å². The highest BCUT2D eigenvalue weighted by molar-refractivity contribution is 5.63. The van der Waals surface area contributed by atoms with E-state index in [1.165, 1.54) is 31.5 Å². The first-order chi connectivity index (χ1) is 14.8. The Morgan fingerprint density at radius 3 is 2.23 bits per heavy atom. The molecule has 10 heteroatoms. The molecule has 2 heterocycles. The van der Waals surface area contributed by atoms with E-state index in [-0.39, 0.29) is 6.54 Å². The number of benzene rings is 1. The van der Waals surface area contributed by atoms with Gasteiger partial charge in [0.1, 0.15) is 0 Å². The molecule has 10 nitrogen and oxygen atoms in total. The monoisotopic (exact) mass is 435 g/mol. The molecule has 1 fully saturated rings. The topological polar surface area (TPSA) is 155 Å². The first-order valence-corrected chi connectivity index (χ1v) is 10.2. The number of hydrogen-bond donors (Lipinski definition) is 4. The Labute approximate surface area is 182 Å². The largest absolute Gasteiger partial charge is 0.481 e. The maximum absolute atomic E-state index is 9.00. The van der Waals surface area contributed by atoms with Gasteiger partial charge in [-0.25, -0.2) is 0 Å². The summed E-state index contributed by atoms with van der Waals surface area (Å²) in [5.41, 5.74) is 6.85. The summed E-state index contributed by atoms with van der Waals surface area (Å²) < 4.78 is 5.34. The fourth-order valence-electron chi connectivity index (χ4n) is 3.07. The molecular weight excluding hydrogens is 402 g/mol. The van der Waals surface area contributed by atoms with Crippen LogP contribution in [-0.2, 0) is 22.7 Å². The molecule has 3 rings (SSSR count). The molecule has 1 aromatic carbocycles. The Kier molecular flexibility index (Phi) is 12.5. The van der Waals surface area contributed by atoms with Gasteiger partial charge in [0.05, 0.1) is 6.54 Å². The van der Waals surface area contributed by atoms with Crippen molar-refractivity contribution < 1.29 is 24.2 Å². The summed E-state index contributed by atoms with van der Waals surface area (Å²) >= 11 is 0. The van der Waals surface area contributed by atoms with Crippen LogP contribution in [0.3, 0.4) is 0 Å². The van der Waals surface area contributed by atoms with Crippen LogP contribution < -0.4 is 11.1 Å². The predicted molar refractivity (Wildman–Crippen MR) is 116 cm³/mol. The molecule has 0 unspecified atom stereocenters. The van der Waals surface area contributed by atoms with Gasteiger partial charge in [0.2, 0.25) is 5.89 Å². The van der Waals surface area contributed by atoms with Crippen LogP contribution in [0.1, 0.15) is 44.6 Å². The summed E-state index contributed by atoms with van der Waals surface area (Å²) in [6.07, 6.45) is 3.65. The van der Waals surface area contributed by atoms with Gasteiger partial charge in [0.15, 0.2) is 0 Å². The number of nitrogens with two attached hydrogens (primary N) is 1. The molecular formula is C21H33N5O5. The van der Waals surface area contributed by atoms with Crippen molar-refractivity contribution in [2.45, 2.75) is 46.2 Å². The quantitative estimate of drug-likeness (QED) is 0.509. The Morgan fingerprint density at radius 1 is 1.13 bits per heavy atom. The van der Waals surface area contributed by atoms with Crippen molar-refractivity contribution in [1.29, 1.82) is 0 Å². The van der Waals surface area contributed by atoms with Crippen LogP contribution in [-0.4, -0.2) is 56.9 Å². The Morgan fingerprint density at radius 2 is 1.71 bits per heavy atom. The number of carboxylic acids is 2. The van der Waals surface area contributed by atoms with Gasteiger partial charge in [-0.1, -0.05) is 35.4 Å². The number of aromatic nitrogens is 2. The smallest absolute Gasteiger partial charge is 0.315 e. The second-order valence-electron chi connectivity index (χ2n) is 7.16. The van der Waals surface area contributed by atoms with Crippen molar-refractivity contribution in [2.75, 3.05) is 25.0 Å². The molecule has 172 valence electrons. The van der Waals surface area contributed by atoms with Gasteiger partial charge >= 0.3 is 6.01 Å². The summed E-state index contributed by atoms with van der Waals surface area (Å²) in [5, 5.41) is 25.8. The van der Waals surface area contributed by atoms with E-state index in [4.69, 9.17) is 30.0 Å². The molecule has 0 amide bonds. The standard InChI is InChI=1S/C17H25N5O.2C2H4O2/c18-12-16-20-21-17(23-16)19-9-6-14-7-10-22(11-8-14)13-15-4-2-1-3-5-15;2*1-2(3)4/h1-5,14H,6-13,18H2,(H,19,21);2*1H3,(H,3,4). The summed E-state index contributed by atoms with van der Waals surface area (Å²) in [6.45, 7) is 6.74. The van der Waals surface area contributed by atoms with Crippen molar-refractivity contribution in [2.24, 2.45) is 11.7 Å². The van der Waals surface area contributed by atoms with Crippen molar-refractivity contribution in [3.8, 4) is 0 Å². The highest BCUT2D eigenvalue weighted by Gasteiger charge is 2.19. The van der Waals surface area contributed by atoms with Crippen LogP contribution in [0, 0.1) is 5.92 Å². The average Bonchev–Trinajstić information content (AvgIpc) is 3.17. The van der Waals surface area contributed by atoms with Gasteiger partial charge < -0.3 is 25.7 Å². The van der Waals surface area contributed by atoms with E-state index in [1.54, 1.807) is 0 Å². The molecule has 1 aliphatic heterocycles. The van der Waals surface area contributed by atoms with E-state index in [2.05, 4.69) is 50.7 Å². The van der Waals surface area contributed by atoms with Crippen molar-refractivity contribution in [1.82, 2.24) is 15.1 Å². The molecule has 1 aliphatic rings. The third-order valence-corrected chi connectivity index (χ3v) is 4.43. The van der Waals surface area contributed by atoms with E-state index >= 15 is 0 Å². The second-order valence-corrected chi connectivity index (χ2v) is 7.16. The lowest BCUT2D eigenvalue weighted by molar-refractivity contribution is -0.135. The number of rotatable bonds is 7. The molecule has 0 saturated carbocycles. The van der Waals surface area contributed by atoms with Gasteiger partial charge in [-0.15, -0.1) is 5.10 Å². The molecule has 1 saturated heterocycles. The van der Waals surface area contributed by atoms with Crippen molar-refractivity contribution in [3.63, 3.8) is 0 Å². The lowest BCUT2D eigenvalue weighted by Crippen LogP contribution is -2.33. The molecule has 0 atom stereocenters. The lowest BCUT2D eigenvalue weighted by Gasteiger charge is -2.32. The minimum atomic E-state index is -0.833. The highest BCUT2D eigenvalue weighted by atomic mass is 16.4. The zero-order valence-corrected chi connectivity index (χ0v) is 18.2. The van der Waals surface area contributed by atoms with Crippen LogP contribution in [0.5, 0.6) is 0 Å². The summed E-state index contributed by atoms with van der Waals surface area (Å²) in [7, 11) is 0. The maximum Gasteiger partial charge on any atom is 0.315 e. The molecule has 2 aromatic rings. The number of carboxylic acid groups (broad SMARTS) is 2. The molecule has 0 spiro atoms. The predicted octanol–water partition coefficient (Wildman–Crippen LogP) is 2.42. The van der Waals surface area contributed by atoms with Crippen molar-refractivity contribution in [3.05, 3.63) is 41.8 Å². The molecule has 5 N–H and O–H groups in total. The van der Waals surface area contributed by atoms with E-state index < -0.39 is 11.9 Å². The van der Waals surface area contributed by atoms with E-state index in [1.807, 2.05) is 0 Å². The molecule has 31 heavy (non-hydrogen) atoms. The van der Waals surface area contributed by atoms with Gasteiger partial charge in [0.25, 0.3) is 11.9 Å². The second kappa shape index (κ2) is 14.9. The lowest BCUT2D eigenvalue weighted by atomic mass is 9.93. The fraction of sp³-hybridized carbons (Fsp3) is 0.524. The van der Waals surface area contributed by atoms with Crippen LogP contribution in [0.15, 0.2) is 34.7 Å². The number of anilines is 1. The third-order valence-electron chi connectivity index (χ3n) is 4.43. The zero-order valence-electron chi connectivity index (χ0n) is 18.2. The van der Waals surface area contributed by atoms with Crippen LogP contribution in [0.4, 0.5) is 6.01 Å². The Balaban J connectivity index is 0.000000519. The molecule has 0 bridgehead atoms. The van der Waals surface area contributed by atoms with Gasteiger partial charge in [-0.05, 0) is 43.8 Å². The number of aliphatic carboxylic acids is 2. The average molecular weight is 436 g/mol. The van der Waals surface area contributed by atoms with Crippen LogP contribution in [0.2, 0.25) is 0 Å². The number of hydrogen-bond acceptors (Lipinski definition) is 8. The van der Waals surface area contributed by atoms with E-state index in [0.29, 0.717) is 11.9 Å². The highest BCUT2D eigenvalue weighted by Crippen LogP contribution is 2.22. The van der Waals surface area contributed by atoms with Crippen LogP contribution in [0.25, 0.3) is 0 Å². The normalized spacial score (nSPS) is 13.9. The molecule has 1 aromatic heterocycles. The molecule has 0 aliphatic carbocycles. The number of piperidine rings is 1. The Hall–Kier alpha value is -2.98. The first-order valence-electron chi connectivity index (χ1n) is 10.2. The number of carbonyl (C=O) groups is 2. The minimum absolute atomic E-state index is 0.286. The number of nitrogens with zero attached hydrogens (tertiary/aromatic N) is 3. The first kappa shape index (κ1) is 26.1. The summed E-state index contributed by atoms with van der Waals surface area (Å²) in [6, 6.07) is 11.2. The maximum atomic E-state index is 9.00. The fourth-order valence-corrected chi connectivity index (χ4v) is 3.07. The Bertz CT molecular complexity index is 741. The minimum Gasteiger partial charge on any atom is -0.481 e. The van der Waals surface area contributed by atoms with Crippen molar-refractivity contribution >= 4 is 18.0 Å². The summed E-state index contributed by atoms with van der Waals surface area (Å²) in [5.74, 6) is -0.423. The van der Waals surface area contributed by atoms with Crippen LogP contribution >= 0.6 is 0 Å². The SMILES string of the molecule is CC(=O)O.CC(=O)O.NCc1nnc(NCCC2CCN(Cc3ccccc3)CC2)o1.